The van der Waals surface area contributed by atoms with E-state index in [9.17, 15) is 4.79 Å². The van der Waals surface area contributed by atoms with Gasteiger partial charge in [0.1, 0.15) is 11.6 Å². The summed E-state index contributed by atoms with van der Waals surface area (Å²) in [6, 6.07) is 9.93. The van der Waals surface area contributed by atoms with Crippen molar-refractivity contribution in [3.05, 3.63) is 58.6 Å². The van der Waals surface area contributed by atoms with Crippen molar-refractivity contribution in [3.63, 3.8) is 0 Å². The van der Waals surface area contributed by atoms with Crippen LogP contribution in [0.25, 0.3) is 11.3 Å². The molecule has 30 heavy (non-hydrogen) atoms. The van der Waals surface area contributed by atoms with Crippen molar-refractivity contribution in [1.29, 1.82) is 0 Å². The van der Waals surface area contributed by atoms with Crippen molar-refractivity contribution in [3.8, 4) is 11.3 Å². The molecule has 5 rings (SSSR count). The average Bonchev–Trinajstić information content (AvgIpc) is 3.51. The summed E-state index contributed by atoms with van der Waals surface area (Å²) in [5.41, 5.74) is 2.96. The number of anilines is 3. The first-order chi connectivity index (χ1) is 14.6. The highest BCUT2D eigenvalue weighted by atomic mass is 16.1. The summed E-state index contributed by atoms with van der Waals surface area (Å²) in [6.45, 7) is 3.16. The molecule has 2 fully saturated rings. The lowest BCUT2D eigenvalue weighted by molar-refractivity contribution is 0.718. The second kappa shape index (κ2) is 7.55. The molecule has 0 amide bonds. The van der Waals surface area contributed by atoms with Crippen molar-refractivity contribution in [2.75, 3.05) is 16.8 Å². The molecule has 2 aliphatic rings. The SMILES string of the molecule is C[C@@H]1CCCN1c1nc(Nc2cc(C3CC3)ccn2)cc(-c2ccc(=O)n(C)c2)n1. The predicted octanol–water partition coefficient (Wildman–Crippen LogP) is 3.85. The van der Waals surface area contributed by atoms with E-state index >= 15 is 0 Å². The van der Waals surface area contributed by atoms with Crippen LogP contribution in [0.1, 0.15) is 44.1 Å². The third-order valence-corrected chi connectivity index (χ3v) is 5.99. The lowest BCUT2D eigenvalue weighted by Crippen LogP contribution is -2.28. The Morgan fingerprint density at radius 2 is 1.93 bits per heavy atom. The fraction of sp³-hybridized carbons (Fsp3) is 0.391. The Labute approximate surface area is 175 Å². The molecule has 154 valence electrons. The molecule has 1 aliphatic heterocycles. The van der Waals surface area contributed by atoms with Crippen LogP contribution in [0.15, 0.2) is 47.5 Å². The maximum atomic E-state index is 11.8. The van der Waals surface area contributed by atoms with Gasteiger partial charge in [0.25, 0.3) is 0 Å². The molecule has 1 N–H and O–H groups in total. The minimum absolute atomic E-state index is 0.0411. The monoisotopic (exact) mass is 402 g/mol. The first-order valence-electron chi connectivity index (χ1n) is 10.6. The molecule has 0 aromatic carbocycles. The number of hydrogen-bond donors (Lipinski definition) is 1. The Hall–Kier alpha value is -3.22. The number of pyridine rings is 2. The number of aryl methyl sites for hydroxylation is 1. The number of hydrogen-bond acceptors (Lipinski definition) is 6. The van der Waals surface area contributed by atoms with Crippen LogP contribution in [0.4, 0.5) is 17.6 Å². The molecule has 1 saturated heterocycles. The van der Waals surface area contributed by atoms with Gasteiger partial charge in [0, 0.05) is 49.7 Å². The smallest absolute Gasteiger partial charge is 0.250 e. The summed E-state index contributed by atoms with van der Waals surface area (Å²) < 4.78 is 1.57. The van der Waals surface area contributed by atoms with Crippen molar-refractivity contribution in [2.45, 2.75) is 44.6 Å². The fourth-order valence-corrected chi connectivity index (χ4v) is 4.07. The zero-order valence-electron chi connectivity index (χ0n) is 17.4. The van der Waals surface area contributed by atoms with Gasteiger partial charge in [0.05, 0.1) is 5.69 Å². The van der Waals surface area contributed by atoms with Crippen LogP contribution in [0.3, 0.4) is 0 Å². The van der Waals surface area contributed by atoms with Crippen LogP contribution >= 0.6 is 0 Å². The Balaban J connectivity index is 1.54. The Morgan fingerprint density at radius 1 is 1.07 bits per heavy atom. The molecule has 0 spiro atoms. The average molecular weight is 403 g/mol. The summed E-state index contributed by atoms with van der Waals surface area (Å²) in [5.74, 6) is 2.89. The van der Waals surface area contributed by atoms with E-state index in [4.69, 9.17) is 9.97 Å². The van der Waals surface area contributed by atoms with Gasteiger partial charge < -0.3 is 14.8 Å². The van der Waals surface area contributed by atoms with Gasteiger partial charge in [-0.25, -0.2) is 9.97 Å². The first kappa shape index (κ1) is 18.8. The predicted molar refractivity (Wildman–Crippen MR) is 118 cm³/mol. The summed E-state index contributed by atoms with van der Waals surface area (Å²) in [5, 5.41) is 3.38. The second-order valence-electron chi connectivity index (χ2n) is 8.36. The summed E-state index contributed by atoms with van der Waals surface area (Å²) in [4.78, 5) is 28.2. The van der Waals surface area contributed by atoms with Crippen LogP contribution in [0, 0.1) is 0 Å². The van der Waals surface area contributed by atoms with E-state index in [1.807, 2.05) is 24.5 Å². The molecule has 0 radical (unpaired) electrons. The Bertz CT molecular complexity index is 1140. The van der Waals surface area contributed by atoms with Crippen molar-refractivity contribution in [2.24, 2.45) is 7.05 Å². The summed E-state index contributed by atoms with van der Waals surface area (Å²) in [7, 11) is 1.75. The van der Waals surface area contributed by atoms with Gasteiger partial charge in [0.2, 0.25) is 11.5 Å². The van der Waals surface area contributed by atoms with Crippen LogP contribution in [-0.4, -0.2) is 32.1 Å². The third kappa shape index (κ3) is 3.79. The van der Waals surface area contributed by atoms with Gasteiger partial charge in [-0.15, -0.1) is 0 Å². The third-order valence-electron chi connectivity index (χ3n) is 5.99. The Morgan fingerprint density at radius 3 is 2.67 bits per heavy atom. The first-order valence-corrected chi connectivity index (χ1v) is 10.6. The van der Waals surface area contributed by atoms with E-state index in [2.05, 4.69) is 34.3 Å². The van der Waals surface area contributed by atoms with E-state index in [0.717, 1.165) is 36.5 Å². The second-order valence-corrected chi connectivity index (χ2v) is 8.36. The molecule has 0 unspecified atom stereocenters. The normalized spacial score (nSPS) is 18.6. The van der Waals surface area contributed by atoms with Gasteiger partial charge in [-0.2, -0.15) is 4.98 Å². The molecule has 0 bridgehead atoms. The summed E-state index contributed by atoms with van der Waals surface area (Å²) in [6.07, 6.45) is 8.46. The molecular weight excluding hydrogens is 376 g/mol. The van der Waals surface area contributed by atoms with Crippen LogP contribution in [0.5, 0.6) is 0 Å². The van der Waals surface area contributed by atoms with E-state index in [0.29, 0.717) is 23.7 Å². The highest BCUT2D eigenvalue weighted by molar-refractivity contribution is 5.66. The van der Waals surface area contributed by atoms with Gasteiger partial charge in [-0.1, -0.05) is 0 Å². The fourth-order valence-electron chi connectivity index (χ4n) is 4.07. The maximum absolute atomic E-state index is 11.8. The Kier molecular flexibility index (Phi) is 4.73. The lowest BCUT2D eigenvalue weighted by atomic mass is 10.2. The van der Waals surface area contributed by atoms with Crippen LogP contribution < -0.4 is 15.8 Å². The van der Waals surface area contributed by atoms with Crippen LogP contribution in [0.2, 0.25) is 0 Å². The highest BCUT2D eigenvalue weighted by Crippen LogP contribution is 2.40. The zero-order valence-corrected chi connectivity index (χ0v) is 17.4. The number of aromatic nitrogens is 4. The largest absolute Gasteiger partial charge is 0.338 e. The molecule has 1 saturated carbocycles. The number of nitrogens with one attached hydrogen (secondary N) is 1. The van der Waals surface area contributed by atoms with Crippen LogP contribution in [-0.2, 0) is 7.05 Å². The van der Waals surface area contributed by atoms with Crippen molar-refractivity contribution < 1.29 is 0 Å². The zero-order chi connectivity index (χ0) is 20.7. The molecule has 4 heterocycles. The van der Waals surface area contributed by atoms with Crippen molar-refractivity contribution in [1.82, 2.24) is 19.5 Å². The van der Waals surface area contributed by atoms with E-state index in [1.54, 1.807) is 17.7 Å². The van der Waals surface area contributed by atoms with Crippen molar-refractivity contribution >= 4 is 17.6 Å². The highest BCUT2D eigenvalue weighted by Gasteiger charge is 2.25. The van der Waals surface area contributed by atoms with E-state index in [1.165, 1.54) is 18.4 Å². The molecule has 1 aliphatic carbocycles. The van der Waals surface area contributed by atoms with E-state index < -0.39 is 0 Å². The minimum Gasteiger partial charge on any atom is -0.338 e. The van der Waals surface area contributed by atoms with Gasteiger partial charge in [0.15, 0.2) is 0 Å². The van der Waals surface area contributed by atoms with Gasteiger partial charge >= 0.3 is 0 Å². The molecule has 7 nitrogen and oxygen atoms in total. The number of nitrogens with zero attached hydrogens (tertiary/aromatic N) is 5. The molecule has 3 aromatic heterocycles. The standard InChI is InChI=1S/C23H26N6O/c1-15-4-3-11-29(15)23-25-19(18-7-8-22(30)28(2)14-18)13-21(27-23)26-20-12-17(9-10-24-20)16-5-6-16/h7-10,12-16H,3-6,11H2,1-2H3,(H,24,25,26,27)/t15-/m1/s1. The van der Waals surface area contributed by atoms with Gasteiger partial charge in [-0.05, 0) is 62.3 Å². The molecular formula is C23H26N6O. The summed E-state index contributed by atoms with van der Waals surface area (Å²) >= 11 is 0. The maximum Gasteiger partial charge on any atom is 0.250 e. The number of rotatable bonds is 5. The quantitative estimate of drug-likeness (QED) is 0.699. The topological polar surface area (TPSA) is 75.9 Å². The molecule has 3 aromatic rings. The van der Waals surface area contributed by atoms with E-state index in [-0.39, 0.29) is 5.56 Å². The lowest BCUT2D eigenvalue weighted by Gasteiger charge is -2.22. The molecule has 1 atom stereocenters. The molecule has 7 heteroatoms. The van der Waals surface area contributed by atoms with Gasteiger partial charge in [-0.3, -0.25) is 4.79 Å². The minimum atomic E-state index is -0.0411.